The van der Waals surface area contributed by atoms with Crippen LogP contribution in [0.15, 0.2) is 18.5 Å². The molecule has 6 heteroatoms. The number of nitrogens with zero attached hydrogens (tertiary/aromatic N) is 3. The molecule has 0 unspecified atom stereocenters. The summed E-state index contributed by atoms with van der Waals surface area (Å²) in [7, 11) is 0. The Morgan fingerprint density at radius 3 is 2.55 bits per heavy atom. The quantitative estimate of drug-likeness (QED) is 0.917. The highest BCUT2D eigenvalue weighted by Gasteiger charge is 2.27. The van der Waals surface area contributed by atoms with Crippen LogP contribution in [0.25, 0.3) is 0 Å². The molecule has 0 saturated carbocycles. The number of nitrogens with two attached hydrogens (primary N) is 1. The van der Waals surface area contributed by atoms with Crippen LogP contribution in [0.5, 0.6) is 0 Å². The molecule has 1 atom stereocenters. The smallest absolute Gasteiger partial charge is 0.239 e. The summed E-state index contributed by atoms with van der Waals surface area (Å²) in [6.07, 6.45) is 5.87. The fourth-order valence-electron chi connectivity index (χ4n) is 2.50. The minimum Gasteiger partial charge on any atom is -0.341 e. The summed E-state index contributed by atoms with van der Waals surface area (Å²) in [5.41, 5.74) is 5.93. The monoisotopic (exact) mass is 300 g/mol. The third-order valence-electron chi connectivity index (χ3n) is 3.93. The molecule has 1 amide bonds. The fraction of sp³-hybridized carbons (Fsp3) is 0.714. The van der Waals surface area contributed by atoms with Gasteiger partial charge in [-0.15, -0.1) is 12.4 Å². The molecule has 20 heavy (non-hydrogen) atoms. The molecule has 2 N–H and O–H groups in total. The van der Waals surface area contributed by atoms with Crippen LogP contribution >= 0.6 is 12.4 Å². The van der Waals surface area contributed by atoms with Crippen LogP contribution in [-0.4, -0.2) is 39.7 Å². The van der Waals surface area contributed by atoms with Gasteiger partial charge in [-0.2, -0.15) is 5.10 Å². The van der Waals surface area contributed by atoms with Crippen LogP contribution in [0.2, 0.25) is 0 Å². The maximum absolute atomic E-state index is 12.1. The Kier molecular flexibility index (Phi) is 6.49. The predicted molar refractivity (Wildman–Crippen MR) is 81.6 cm³/mol. The minimum atomic E-state index is -0.359. The number of amides is 1. The van der Waals surface area contributed by atoms with Crippen molar-refractivity contribution in [1.82, 2.24) is 14.7 Å². The molecule has 0 spiro atoms. The molecule has 1 aromatic rings. The molecule has 2 rings (SSSR count). The first-order chi connectivity index (χ1) is 9.08. The Balaban J connectivity index is 0.00000200. The van der Waals surface area contributed by atoms with Gasteiger partial charge >= 0.3 is 0 Å². The van der Waals surface area contributed by atoms with Crippen LogP contribution in [0.3, 0.4) is 0 Å². The van der Waals surface area contributed by atoms with Crippen molar-refractivity contribution < 1.29 is 4.79 Å². The Morgan fingerprint density at radius 2 is 2.05 bits per heavy atom. The van der Waals surface area contributed by atoms with Gasteiger partial charge in [0.05, 0.1) is 6.04 Å². The second kappa shape index (κ2) is 7.64. The number of carbonyl (C=O) groups excluding carboxylic acids is 1. The summed E-state index contributed by atoms with van der Waals surface area (Å²) in [6, 6.07) is 1.59. The molecule has 0 radical (unpaired) electrons. The van der Waals surface area contributed by atoms with Crippen molar-refractivity contribution in [2.45, 2.75) is 39.3 Å². The van der Waals surface area contributed by atoms with Crippen molar-refractivity contribution in [1.29, 1.82) is 0 Å². The second-order valence-electron chi connectivity index (χ2n) is 5.77. The van der Waals surface area contributed by atoms with Crippen LogP contribution in [0, 0.1) is 11.8 Å². The first-order valence-electron chi connectivity index (χ1n) is 7.09. The van der Waals surface area contributed by atoms with Crippen molar-refractivity contribution in [3.8, 4) is 0 Å². The zero-order valence-electron chi connectivity index (χ0n) is 12.2. The van der Waals surface area contributed by atoms with Crippen LogP contribution in [-0.2, 0) is 11.3 Å². The summed E-state index contributed by atoms with van der Waals surface area (Å²) in [4.78, 5) is 14.1. The van der Waals surface area contributed by atoms with E-state index in [1.807, 2.05) is 35.7 Å². The molecule has 1 aliphatic heterocycles. The third kappa shape index (κ3) is 4.21. The first-order valence-corrected chi connectivity index (χ1v) is 7.09. The number of piperidine rings is 1. The molecule has 114 valence electrons. The fourth-order valence-corrected chi connectivity index (χ4v) is 2.50. The van der Waals surface area contributed by atoms with Crippen LogP contribution in [0.4, 0.5) is 0 Å². The Hall–Kier alpha value is -1.07. The van der Waals surface area contributed by atoms with E-state index in [0.717, 1.165) is 32.5 Å². The van der Waals surface area contributed by atoms with E-state index in [1.54, 1.807) is 6.20 Å². The molecular weight excluding hydrogens is 276 g/mol. The van der Waals surface area contributed by atoms with Gasteiger partial charge in [0.15, 0.2) is 0 Å². The summed E-state index contributed by atoms with van der Waals surface area (Å²) in [5, 5.41) is 4.23. The van der Waals surface area contributed by atoms with E-state index < -0.39 is 0 Å². The maximum atomic E-state index is 12.1. The number of hydrogen-bond acceptors (Lipinski definition) is 3. The van der Waals surface area contributed by atoms with Crippen molar-refractivity contribution in [3.05, 3.63) is 18.5 Å². The number of aromatic nitrogens is 2. The number of halogens is 1. The van der Waals surface area contributed by atoms with Gasteiger partial charge in [-0.05, 0) is 30.7 Å². The lowest BCUT2D eigenvalue weighted by Gasteiger charge is -2.34. The SMILES string of the molecule is CC(C)[C@H](N)C(=O)N1CCC(Cn2cccn2)CC1.Cl. The topological polar surface area (TPSA) is 64.2 Å². The average molecular weight is 301 g/mol. The third-order valence-corrected chi connectivity index (χ3v) is 3.93. The van der Waals surface area contributed by atoms with Gasteiger partial charge in [-0.1, -0.05) is 13.8 Å². The zero-order chi connectivity index (χ0) is 13.8. The first kappa shape index (κ1) is 17.0. The molecule has 0 bridgehead atoms. The number of likely N-dealkylation sites (tertiary alicyclic amines) is 1. The second-order valence-corrected chi connectivity index (χ2v) is 5.77. The Morgan fingerprint density at radius 1 is 1.40 bits per heavy atom. The van der Waals surface area contributed by atoms with Gasteiger partial charge in [-0.3, -0.25) is 9.48 Å². The summed E-state index contributed by atoms with van der Waals surface area (Å²) in [6.45, 7) is 6.59. The molecule has 0 aliphatic carbocycles. The van der Waals surface area contributed by atoms with E-state index in [9.17, 15) is 4.79 Å². The van der Waals surface area contributed by atoms with Crippen LogP contribution in [0.1, 0.15) is 26.7 Å². The highest BCUT2D eigenvalue weighted by atomic mass is 35.5. The lowest BCUT2D eigenvalue weighted by molar-refractivity contribution is -0.135. The zero-order valence-corrected chi connectivity index (χ0v) is 13.1. The molecule has 1 fully saturated rings. The number of hydrogen-bond donors (Lipinski definition) is 1. The van der Waals surface area contributed by atoms with Gasteiger partial charge in [0.25, 0.3) is 0 Å². The van der Waals surface area contributed by atoms with Crippen molar-refractivity contribution >= 4 is 18.3 Å². The summed E-state index contributed by atoms with van der Waals surface area (Å²) >= 11 is 0. The largest absolute Gasteiger partial charge is 0.341 e. The van der Waals surface area contributed by atoms with E-state index in [0.29, 0.717) is 5.92 Å². The van der Waals surface area contributed by atoms with Gasteiger partial charge in [-0.25, -0.2) is 0 Å². The van der Waals surface area contributed by atoms with Gasteiger partial charge < -0.3 is 10.6 Å². The lowest BCUT2D eigenvalue weighted by Crippen LogP contribution is -2.49. The lowest BCUT2D eigenvalue weighted by atomic mass is 9.95. The van der Waals surface area contributed by atoms with Gasteiger partial charge in [0.2, 0.25) is 5.91 Å². The standard InChI is InChI=1S/C14H24N4O.ClH/c1-11(2)13(15)14(19)17-8-4-12(5-9-17)10-18-7-3-6-16-18;/h3,6-7,11-13H,4-5,8-10,15H2,1-2H3;1H/t13-;/m0./s1. The number of rotatable bonds is 4. The Bertz CT molecular complexity index is 399. The Labute approximate surface area is 126 Å². The summed E-state index contributed by atoms with van der Waals surface area (Å²) < 4.78 is 1.97. The van der Waals surface area contributed by atoms with Crippen molar-refractivity contribution in [2.24, 2.45) is 17.6 Å². The average Bonchev–Trinajstić information content (AvgIpc) is 2.90. The molecular formula is C14H25ClN4O. The predicted octanol–water partition coefficient (Wildman–Crippen LogP) is 1.53. The maximum Gasteiger partial charge on any atom is 0.239 e. The summed E-state index contributed by atoms with van der Waals surface area (Å²) in [5.74, 6) is 0.918. The molecule has 2 heterocycles. The van der Waals surface area contributed by atoms with Crippen molar-refractivity contribution in [3.63, 3.8) is 0 Å². The molecule has 0 aromatic carbocycles. The van der Waals surface area contributed by atoms with E-state index in [4.69, 9.17) is 5.73 Å². The molecule has 1 saturated heterocycles. The van der Waals surface area contributed by atoms with E-state index in [2.05, 4.69) is 5.10 Å². The van der Waals surface area contributed by atoms with E-state index >= 15 is 0 Å². The molecule has 1 aromatic heterocycles. The van der Waals surface area contributed by atoms with E-state index in [-0.39, 0.29) is 30.3 Å². The highest BCUT2D eigenvalue weighted by Crippen LogP contribution is 2.20. The number of carbonyl (C=O) groups is 1. The van der Waals surface area contributed by atoms with Crippen LogP contribution < -0.4 is 5.73 Å². The van der Waals surface area contributed by atoms with E-state index in [1.165, 1.54) is 0 Å². The van der Waals surface area contributed by atoms with Gasteiger partial charge in [0, 0.05) is 32.0 Å². The highest BCUT2D eigenvalue weighted by molar-refractivity contribution is 5.85. The normalized spacial score (nSPS) is 17.9. The minimum absolute atomic E-state index is 0. The molecule has 5 nitrogen and oxygen atoms in total. The molecule has 1 aliphatic rings. The van der Waals surface area contributed by atoms with Gasteiger partial charge in [0.1, 0.15) is 0 Å². The van der Waals surface area contributed by atoms with Crippen molar-refractivity contribution in [2.75, 3.05) is 13.1 Å².